The first kappa shape index (κ1) is 19.7. The van der Waals surface area contributed by atoms with Crippen molar-refractivity contribution in [2.45, 2.75) is 19.8 Å². The van der Waals surface area contributed by atoms with Gasteiger partial charge in [-0.25, -0.2) is 0 Å². The normalized spacial score (nSPS) is 11.4. The van der Waals surface area contributed by atoms with Crippen LogP contribution in [0.15, 0.2) is 0 Å². The summed E-state index contributed by atoms with van der Waals surface area (Å²) >= 11 is 19.4. The molecule has 8 heteroatoms. The highest BCUT2D eigenvalue weighted by Gasteiger charge is 2.04. The lowest BCUT2D eigenvalue weighted by Gasteiger charge is -2.09. The number of rotatable bonds is 8. The number of thiocarbonyl (C=S) groups is 4. The molecule has 4 nitrogen and oxygen atoms in total. The Hall–Kier alpha value is -0.280. The molecular formula is C12H18O4S4. The van der Waals surface area contributed by atoms with Gasteiger partial charge in [0, 0.05) is 6.42 Å². The van der Waals surface area contributed by atoms with Gasteiger partial charge in [0.2, 0.25) is 0 Å². The van der Waals surface area contributed by atoms with E-state index in [4.69, 9.17) is 50.9 Å². The lowest BCUT2D eigenvalue weighted by molar-refractivity contribution is 0.204. The van der Waals surface area contributed by atoms with Gasteiger partial charge in [0.15, 0.2) is 15.2 Å². The minimum Gasteiger partial charge on any atom is -0.487 e. The Kier molecular flexibility index (Phi) is 13.5. The van der Waals surface area contributed by atoms with Crippen molar-refractivity contribution in [1.29, 1.82) is 0 Å². The first-order valence-corrected chi connectivity index (χ1v) is 7.78. The van der Waals surface area contributed by atoms with Gasteiger partial charge in [0.1, 0.15) is 13.2 Å². The third-order valence-electron chi connectivity index (χ3n) is 1.66. The lowest BCUT2D eigenvalue weighted by Crippen LogP contribution is -2.15. The van der Waals surface area contributed by atoms with Crippen molar-refractivity contribution >= 4 is 69.4 Å². The fourth-order valence-corrected chi connectivity index (χ4v) is 1.80. The van der Waals surface area contributed by atoms with Crippen LogP contribution in [0.2, 0.25) is 0 Å². The van der Waals surface area contributed by atoms with Crippen molar-refractivity contribution in [3.63, 3.8) is 0 Å². The Morgan fingerprint density at radius 3 is 1.95 bits per heavy atom. The largest absolute Gasteiger partial charge is 0.487 e. The van der Waals surface area contributed by atoms with E-state index in [2.05, 4.69) is 17.0 Å². The van der Waals surface area contributed by atoms with E-state index in [1.165, 1.54) is 5.37 Å². The van der Waals surface area contributed by atoms with Crippen LogP contribution in [0.25, 0.3) is 0 Å². The summed E-state index contributed by atoms with van der Waals surface area (Å²) in [5, 5.41) is 2.82. The third-order valence-corrected chi connectivity index (χ3v) is 2.63. The van der Waals surface area contributed by atoms with E-state index < -0.39 is 0 Å². The molecule has 0 amide bonds. The maximum atomic E-state index is 5.23. The van der Waals surface area contributed by atoms with E-state index in [-0.39, 0.29) is 0 Å². The molecule has 1 aliphatic rings. The van der Waals surface area contributed by atoms with Crippen LogP contribution in [-0.2, 0) is 18.9 Å². The second-order valence-electron chi connectivity index (χ2n) is 3.41. The van der Waals surface area contributed by atoms with E-state index in [0.29, 0.717) is 47.8 Å². The van der Waals surface area contributed by atoms with Gasteiger partial charge >= 0.3 is 0 Å². The highest BCUT2D eigenvalue weighted by Crippen LogP contribution is 1.97. The van der Waals surface area contributed by atoms with Gasteiger partial charge in [-0.15, -0.1) is 0 Å². The van der Waals surface area contributed by atoms with Gasteiger partial charge < -0.3 is 18.9 Å². The summed E-state index contributed by atoms with van der Waals surface area (Å²) < 4.78 is 20.0. The fourth-order valence-electron chi connectivity index (χ4n) is 0.819. The van der Waals surface area contributed by atoms with Crippen molar-refractivity contribution in [2.75, 3.05) is 33.0 Å². The molecule has 0 aromatic rings. The van der Waals surface area contributed by atoms with Crippen LogP contribution in [0.1, 0.15) is 19.8 Å². The summed E-state index contributed by atoms with van der Waals surface area (Å²) in [6, 6.07) is 0. The van der Waals surface area contributed by atoms with Gasteiger partial charge in [-0.3, -0.25) is 0 Å². The fraction of sp³-hybridized carbons (Fsp3) is 0.667. The van der Waals surface area contributed by atoms with Crippen molar-refractivity contribution in [2.24, 2.45) is 0 Å². The zero-order chi connectivity index (χ0) is 15.2. The summed E-state index contributed by atoms with van der Waals surface area (Å²) in [4.78, 5) is 0. The zero-order valence-corrected chi connectivity index (χ0v) is 14.6. The molecule has 0 aromatic heterocycles. The molecule has 1 fully saturated rings. The first-order chi connectivity index (χ1) is 9.60. The summed E-state index contributed by atoms with van der Waals surface area (Å²) in [5.74, 6) is 0. The number of hydrogen-bond acceptors (Lipinski definition) is 8. The Bertz CT molecular complexity index is 329. The predicted molar refractivity (Wildman–Crippen MR) is 95.0 cm³/mol. The van der Waals surface area contributed by atoms with Crippen LogP contribution >= 0.6 is 48.9 Å². The number of epoxide rings is 1. The molecule has 1 aliphatic heterocycles. The number of hydrogen-bond donors (Lipinski definition) is 0. The molecule has 0 aliphatic carbocycles. The van der Waals surface area contributed by atoms with Crippen molar-refractivity contribution < 1.29 is 18.9 Å². The van der Waals surface area contributed by atoms with Gasteiger partial charge in [-0.1, -0.05) is 12.2 Å². The van der Waals surface area contributed by atoms with Crippen LogP contribution < -0.4 is 0 Å². The average molecular weight is 355 g/mol. The Morgan fingerprint density at radius 1 is 1.00 bits per heavy atom. The minimum atomic E-state index is 0.338. The zero-order valence-electron chi connectivity index (χ0n) is 11.3. The van der Waals surface area contributed by atoms with Crippen LogP contribution in [0, 0.1) is 0 Å². The van der Waals surface area contributed by atoms with Crippen LogP contribution in [0.4, 0.5) is 0 Å². The van der Waals surface area contributed by atoms with Crippen LogP contribution in [0.5, 0.6) is 0 Å². The monoisotopic (exact) mass is 354 g/mol. The first-order valence-electron chi connectivity index (χ1n) is 6.08. The molecule has 0 N–H and O–H groups in total. The smallest absolute Gasteiger partial charge is 0.168 e. The van der Waals surface area contributed by atoms with Crippen molar-refractivity contribution in [1.82, 2.24) is 0 Å². The van der Waals surface area contributed by atoms with Gasteiger partial charge in [-0.2, -0.15) is 0 Å². The molecule has 114 valence electrons. The molecule has 1 rings (SSSR count). The second-order valence-corrected chi connectivity index (χ2v) is 5.11. The molecule has 0 bridgehead atoms. The highest BCUT2D eigenvalue weighted by atomic mass is 32.1. The van der Waals surface area contributed by atoms with E-state index in [1.54, 1.807) is 0 Å². The maximum absolute atomic E-state index is 5.23. The molecule has 1 heterocycles. The molecular weight excluding hydrogens is 336 g/mol. The predicted octanol–water partition coefficient (Wildman–Crippen LogP) is 2.83. The van der Waals surface area contributed by atoms with Crippen molar-refractivity contribution in [3.8, 4) is 0 Å². The third kappa shape index (κ3) is 15.8. The minimum absolute atomic E-state index is 0.338. The van der Waals surface area contributed by atoms with Gasteiger partial charge in [0.05, 0.1) is 26.2 Å². The topological polar surface area (TPSA) is 40.2 Å². The molecule has 0 aromatic carbocycles. The molecule has 20 heavy (non-hydrogen) atoms. The quantitative estimate of drug-likeness (QED) is 0.374. The van der Waals surface area contributed by atoms with Crippen molar-refractivity contribution in [3.05, 3.63) is 0 Å². The highest BCUT2D eigenvalue weighted by molar-refractivity contribution is 7.81. The summed E-state index contributed by atoms with van der Waals surface area (Å²) in [5.41, 5.74) is 0. The molecule has 0 spiro atoms. The average Bonchev–Trinajstić information content (AvgIpc) is 3.23. The van der Waals surface area contributed by atoms with E-state index >= 15 is 0 Å². The van der Waals surface area contributed by atoms with Crippen LogP contribution in [-0.4, -0.2) is 53.6 Å². The summed E-state index contributed by atoms with van der Waals surface area (Å²) in [6.45, 7) is 5.09. The lowest BCUT2D eigenvalue weighted by atomic mass is 10.5. The van der Waals surface area contributed by atoms with E-state index in [9.17, 15) is 0 Å². The molecule has 0 atom stereocenters. The second kappa shape index (κ2) is 13.7. The molecule has 0 saturated carbocycles. The summed E-state index contributed by atoms with van der Waals surface area (Å²) in [6.07, 6.45) is 0.840. The SMILES string of the molecule is C1CO1.CCOC(=S)CC(=S)OCCOC(=S)CC=S. The molecule has 1 saturated heterocycles. The molecule has 0 unspecified atom stereocenters. The van der Waals surface area contributed by atoms with E-state index in [0.717, 1.165) is 13.2 Å². The van der Waals surface area contributed by atoms with E-state index in [1.807, 2.05) is 6.92 Å². The maximum Gasteiger partial charge on any atom is 0.168 e. The Morgan fingerprint density at radius 2 is 1.50 bits per heavy atom. The van der Waals surface area contributed by atoms with Gasteiger partial charge in [-0.05, 0) is 48.9 Å². The molecule has 0 radical (unpaired) electrons. The summed E-state index contributed by atoms with van der Waals surface area (Å²) in [7, 11) is 0. The Balaban J connectivity index is 0.00000105. The number of ether oxygens (including phenoxy) is 4. The van der Waals surface area contributed by atoms with Gasteiger partial charge in [0.25, 0.3) is 0 Å². The van der Waals surface area contributed by atoms with Crippen LogP contribution in [0.3, 0.4) is 0 Å². The standard InChI is InChI=1S/C10H14O3S4.C2H4O/c1-2-11-9(16)7-10(17)13-5-4-12-8(15)3-6-14;1-2-3-1/h6H,2-5,7H2,1H3;1-2H2. The Labute approximate surface area is 141 Å².